The zero-order valence-corrected chi connectivity index (χ0v) is 33.4. The molecule has 12 aromatic rings. The number of rotatable bonds is 7. The summed E-state index contributed by atoms with van der Waals surface area (Å²) in [6.07, 6.45) is 0. The van der Waals surface area contributed by atoms with Crippen LogP contribution in [0.5, 0.6) is 0 Å². The normalized spacial score (nSPS) is 11.6. The van der Waals surface area contributed by atoms with Crippen molar-refractivity contribution in [2.75, 3.05) is 4.90 Å². The first-order chi connectivity index (χ1) is 30.3. The van der Waals surface area contributed by atoms with Crippen LogP contribution in [0.1, 0.15) is 0 Å². The molecule has 2 aromatic heterocycles. The average molecular weight is 778 g/mol. The zero-order chi connectivity index (χ0) is 40.3. The number of aromatic nitrogens is 2. The molecule has 0 aliphatic heterocycles. The van der Waals surface area contributed by atoms with E-state index in [1.807, 2.05) is 0 Å². The van der Waals surface area contributed by atoms with Crippen LogP contribution < -0.4 is 4.90 Å². The first kappa shape index (κ1) is 34.9. The Morgan fingerprint density at radius 3 is 1.46 bits per heavy atom. The van der Waals surface area contributed by atoms with Gasteiger partial charge in [-0.2, -0.15) is 0 Å². The Hall–Kier alpha value is -8.14. The minimum Gasteiger partial charge on any atom is -0.310 e. The van der Waals surface area contributed by atoms with E-state index < -0.39 is 0 Å². The monoisotopic (exact) mass is 777 g/mol. The summed E-state index contributed by atoms with van der Waals surface area (Å²) in [5, 5.41) is 7.36. The predicted molar refractivity (Wildman–Crippen MR) is 258 cm³/mol. The molecular formula is C58H39N3. The number of para-hydroxylation sites is 3. The molecule has 0 bridgehead atoms. The second-order valence-corrected chi connectivity index (χ2v) is 15.8. The highest BCUT2D eigenvalue weighted by Crippen LogP contribution is 2.43. The van der Waals surface area contributed by atoms with Crippen LogP contribution >= 0.6 is 0 Å². The van der Waals surface area contributed by atoms with Gasteiger partial charge in [0.2, 0.25) is 0 Å². The van der Waals surface area contributed by atoms with Gasteiger partial charge in [0.1, 0.15) is 0 Å². The lowest BCUT2D eigenvalue weighted by Crippen LogP contribution is -2.09. The highest BCUT2D eigenvalue weighted by Gasteiger charge is 2.21. The Morgan fingerprint density at radius 2 is 0.770 bits per heavy atom. The van der Waals surface area contributed by atoms with E-state index in [0.717, 1.165) is 28.4 Å². The highest BCUT2D eigenvalue weighted by molar-refractivity contribution is 6.26. The third-order valence-corrected chi connectivity index (χ3v) is 12.3. The van der Waals surface area contributed by atoms with E-state index in [1.165, 1.54) is 76.6 Å². The van der Waals surface area contributed by atoms with E-state index in [-0.39, 0.29) is 0 Å². The standard InChI is InChI=1S/C58H39N3/c1-4-14-40(15-5-1)42-24-30-47(31-25-42)59(46-18-8-3-9-19-46)49-34-28-45-39-50(35-29-44(45)38-49)61-54-22-12-10-20-51(54)52-36-37-56-57(58(52)61)53-21-11-13-23-55(53)60(56)48-32-26-43(27-33-48)41-16-6-2-7-17-41/h1-39H. The molecule has 10 aromatic carbocycles. The fourth-order valence-electron chi connectivity index (χ4n) is 9.45. The van der Waals surface area contributed by atoms with E-state index in [0.29, 0.717) is 0 Å². The summed E-state index contributed by atoms with van der Waals surface area (Å²) in [7, 11) is 0. The van der Waals surface area contributed by atoms with Crippen LogP contribution in [0.2, 0.25) is 0 Å². The maximum atomic E-state index is 2.49. The van der Waals surface area contributed by atoms with E-state index in [2.05, 4.69) is 251 Å². The molecule has 0 saturated carbocycles. The molecule has 0 unspecified atom stereocenters. The van der Waals surface area contributed by atoms with Crippen molar-refractivity contribution in [2.45, 2.75) is 0 Å². The van der Waals surface area contributed by atoms with Crippen molar-refractivity contribution in [1.29, 1.82) is 0 Å². The van der Waals surface area contributed by atoms with Crippen LogP contribution in [0.4, 0.5) is 17.1 Å². The Bertz CT molecular complexity index is 3550. The van der Waals surface area contributed by atoms with E-state index in [1.54, 1.807) is 0 Å². The first-order valence-corrected chi connectivity index (χ1v) is 20.9. The summed E-state index contributed by atoms with van der Waals surface area (Å²) in [6, 6.07) is 85.8. The molecule has 0 atom stereocenters. The fourth-order valence-corrected chi connectivity index (χ4v) is 9.45. The van der Waals surface area contributed by atoms with Gasteiger partial charge in [-0.3, -0.25) is 0 Å². The van der Waals surface area contributed by atoms with E-state index in [9.17, 15) is 0 Å². The van der Waals surface area contributed by atoms with Crippen molar-refractivity contribution in [3.8, 4) is 33.6 Å². The fraction of sp³-hybridized carbons (Fsp3) is 0. The van der Waals surface area contributed by atoms with Gasteiger partial charge < -0.3 is 14.0 Å². The van der Waals surface area contributed by atoms with Crippen molar-refractivity contribution < 1.29 is 0 Å². The maximum Gasteiger partial charge on any atom is 0.0641 e. The SMILES string of the molecule is c1ccc(-c2ccc(N(c3ccccc3)c3ccc4cc(-n5c6ccccc6c6ccc7c(c8ccccc8n7-c7ccc(-c8ccccc8)cc7)c65)ccc4c3)cc2)cc1. The number of benzene rings is 10. The van der Waals surface area contributed by atoms with Crippen molar-refractivity contribution in [2.24, 2.45) is 0 Å². The Kier molecular flexibility index (Phi) is 8.17. The molecular weight excluding hydrogens is 739 g/mol. The quantitative estimate of drug-likeness (QED) is 0.157. The van der Waals surface area contributed by atoms with Crippen molar-refractivity contribution in [3.05, 3.63) is 237 Å². The first-order valence-electron chi connectivity index (χ1n) is 20.9. The molecule has 0 radical (unpaired) electrons. The van der Waals surface area contributed by atoms with Crippen molar-refractivity contribution in [1.82, 2.24) is 9.13 Å². The molecule has 0 fully saturated rings. The average Bonchev–Trinajstić information content (AvgIpc) is 3.86. The Morgan fingerprint density at radius 1 is 0.279 bits per heavy atom. The molecule has 3 nitrogen and oxygen atoms in total. The number of nitrogens with zero attached hydrogens (tertiary/aromatic N) is 3. The molecule has 0 saturated heterocycles. The summed E-state index contributed by atoms with van der Waals surface area (Å²) in [6.45, 7) is 0. The second-order valence-electron chi connectivity index (χ2n) is 15.8. The summed E-state index contributed by atoms with van der Waals surface area (Å²) in [4.78, 5) is 2.34. The number of hydrogen-bond acceptors (Lipinski definition) is 1. The Labute approximate surface area is 354 Å². The molecule has 2 heterocycles. The zero-order valence-electron chi connectivity index (χ0n) is 33.4. The van der Waals surface area contributed by atoms with E-state index in [4.69, 9.17) is 0 Å². The van der Waals surface area contributed by atoms with Gasteiger partial charge in [0.05, 0.1) is 22.1 Å². The van der Waals surface area contributed by atoms with Crippen LogP contribution in [0.3, 0.4) is 0 Å². The van der Waals surface area contributed by atoms with Crippen LogP contribution in [0.15, 0.2) is 237 Å². The number of anilines is 3. The minimum absolute atomic E-state index is 1.11. The van der Waals surface area contributed by atoms with Gasteiger partial charge >= 0.3 is 0 Å². The molecule has 3 heteroatoms. The summed E-state index contributed by atoms with van der Waals surface area (Å²) < 4.78 is 4.91. The maximum absolute atomic E-state index is 2.49. The number of fused-ring (bicyclic) bond motifs is 8. The van der Waals surface area contributed by atoms with E-state index >= 15 is 0 Å². The molecule has 286 valence electrons. The topological polar surface area (TPSA) is 13.1 Å². The summed E-state index contributed by atoms with van der Waals surface area (Å²) in [5.41, 5.74) is 15.3. The van der Waals surface area contributed by atoms with Crippen LogP contribution in [-0.2, 0) is 0 Å². The molecule has 0 amide bonds. The molecule has 61 heavy (non-hydrogen) atoms. The smallest absolute Gasteiger partial charge is 0.0641 e. The van der Waals surface area contributed by atoms with Gasteiger partial charge in [-0.25, -0.2) is 0 Å². The van der Waals surface area contributed by atoms with Gasteiger partial charge in [0.25, 0.3) is 0 Å². The van der Waals surface area contributed by atoms with Crippen molar-refractivity contribution in [3.63, 3.8) is 0 Å². The largest absolute Gasteiger partial charge is 0.310 e. The molecule has 0 aliphatic rings. The summed E-state index contributed by atoms with van der Waals surface area (Å²) in [5.74, 6) is 0. The minimum atomic E-state index is 1.11. The van der Waals surface area contributed by atoms with Gasteiger partial charge in [0, 0.05) is 50.0 Å². The van der Waals surface area contributed by atoms with Gasteiger partial charge in [-0.1, -0.05) is 158 Å². The third-order valence-electron chi connectivity index (χ3n) is 12.3. The lowest BCUT2D eigenvalue weighted by Gasteiger charge is -2.26. The molecule has 0 N–H and O–H groups in total. The van der Waals surface area contributed by atoms with Gasteiger partial charge in [-0.15, -0.1) is 0 Å². The van der Waals surface area contributed by atoms with Crippen LogP contribution in [0.25, 0.3) is 88.0 Å². The molecule has 12 rings (SSSR count). The summed E-state index contributed by atoms with van der Waals surface area (Å²) >= 11 is 0. The third kappa shape index (κ3) is 5.82. The lowest BCUT2D eigenvalue weighted by molar-refractivity contribution is 1.18. The van der Waals surface area contributed by atoms with Crippen LogP contribution in [-0.4, -0.2) is 9.13 Å². The molecule has 0 spiro atoms. The van der Waals surface area contributed by atoms with Crippen molar-refractivity contribution >= 4 is 71.4 Å². The van der Waals surface area contributed by atoms with Gasteiger partial charge in [0.15, 0.2) is 0 Å². The number of hydrogen-bond donors (Lipinski definition) is 0. The predicted octanol–water partition coefficient (Wildman–Crippen LogP) is 15.8. The molecule has 0 aliphatic carbocycles. The Balaban J connectivity index is 1.01. The highest BCUT2D eigenvalue weighted by atomic mass is 15.1. The van der Waals surface area contributed by atoms with Crippen LogP contribution in [0, 0.1) is 0 Å². The lowest BCUT2D eigenvalue weighted by atomic mass is 10.0. The second kappa shape index (κ2) is 14.3. The van der Waals surface area contributed by atoms with Gasteiger partial charge in [-0.05, 0) is 112 Å².